The van der Waals surface area contributed by atoms with Gasteiger partial charge in [-0.3, -0.25) is 4.89 Å². The van der Waals surface area contributed by atoms with E-state index in [1.54, 1.807) is 36.4 Å². The topological polar surface area (TPSA) is 76.0 Å². The molecule has 5 nitrogen and oxygen atoms in total. The molecule has 2 N–H and O–H groups in total. The Morgan fingerprint density at radius 2 is 1.50 bits per heavy atom. The summed E-state index contributed by atoms with van der Waals surface area (Å²) < 4.78 is 0. The lowest BCUT2D eigenvalue weighted by atomic mass is 9.90. The molecule has 130 valence electrons. The lowest BCUT2D eigenvalue weighted by molar-refractivity contribution is -0.182. The van der Waals surface area contributed by atoms with Crippen LogP contribution in [-0.4, -0.2) is 16.5 Å². The van der Waals surface area contributed by atoms with Crippen molar-refractivity contribution in [1.29, 1.82) is 0 Å². The summed E-state index contributed by atoms with van der Waals surface area (Å²) in [5.41, 5.74) is 2.68. The van der Waals surface area contributed by atoms with E-state index in [2.05, 4.69) is 43.5 Å². The minimum absolute atomic E-state index is 0.338. The highest BCUT2D eigenvalue weighted by atomic mass is 17.1. The first-order chi connectivity index (χ1) is 11.4. The maximum atomic E-state index is 10.5. The van der Waals surface area contributed by atoms with Gasteiger partial charge in [0.15, 0.2) is 5.75 Å². The van der Waals surface area contributed by atoms with E-state index in [-0.39, 0.29) is 0 Å². The van der Waals surface area contributed by atoms with Crippen LogP contribution >= 0.6 is 0 Å². The fraction of sp³-hybridized carbons (Fsp3) is 0.316. The third-order valence-electron chi connectivity index (χ3n) is 3.49. The predicted molar refractivity (Wildman–Crippen MR) is 92.4 cm³/mol. The van der Waals surface area contributed by atoms with Crippen LogP contribution in [0, 0.1) is 0 Å². The van der Waals surface area contributed by atoms with Crippen molar-refractivity contribution in [3.05, 3.63) is 65.2 Å². The van der Waals surface area contributed by atoms with Crippen LogP contribution in [0.15, 0.2) is 48.5 Å². The Balaban J connectivity index is 0.000000254. The lowest BCUT2D eigenvalue weighted by Crippen LogP contribution is -2.01. The van der Waals surface area contributed by atoms with Crippen molar-refractivity contribution in [3.8, 4) is 5.75 Å². The molecule has 24 heavy (non-hydrogen) atoms. The molecule has 0 heterocycles. The summed E-state index contributed by atoms with van der Waals surface area (Å²) in [6, 6.07) is 14.0. The van der Waals surface area contributed by atoms with Gasteiger partial charge in [0.2, 0.25) is 0 Å². The molecule has 0 radical (unpaired) electrons. The molecule has 0 bridgehead atoms. The molecule has 0 amide bonds. The monoisotopic (exact) mass is 332 g/mol. The number of carbonyl (C=O) groups is 1. The fourth-order valence-electron chi connectivity index (χ4n) is 2.39. The molecule has 5 heteroatoms. The number of carbonyl (C=O) groups excluding carboxylic acids is 1. The van der Waals surface area contributed by atoms with Gasteiger partial charge in [0, 0.05) is 5.56 Å². The van der Waals surface area contributed by atoms with Crippen LogP contribution in [0.3, 0.4) is 0 Å². The average Bonchev–Trinajstić information content (AvgIpc) is 2.61. The van der Waals surface area contributed by atoms with Crippen LogP contribution in [0.4, 0.5) is 0 Å². The second-order valence-electron chi connectivity index (χ2n) is 5.90. The molecule has 0 aliphatic heterocycles. The van der Waals surface area contributed by atoms with Crippen LogP contribution in [0.1, 0.15) is 61.0 Å². The molecular formula is C19H24O5. The zero-order chi connectivity index (χ0) is 18.1. The summed E-state index contributed by atoms with van der Waals surface area (Å²) in [5, 5.41) is 16.7. The van der Waals surface area contributed by atoms with E-state index in [1.165, 1.54) is 5.56 Å². The Morgan fingerprint density at radius 1 is 0.875 bits per heavy atom. The van der Waals surface area contributed by atoms with E-state index in [0.717, 1.165) is 5.56 Å². The molecule has 0 fully saturated rings. The first-order valence-corrected chi connectivity index (χ1v) is 7.77. The standard InChI is InChI=1S/C12H18O2.C7H6O3/c1-8(2)10-6-5-7-11(14-13)12(10)9(3)4;8-7(10-9)6-4-2-1-3-5-6/h5-9,13H,1-4H3;1-5,9H. The zero-order valence-corrected chi connectivity index (χ0v) is 14.4. The molecule has 0 saturated heterocycles. The first kappa shape index (κ1) is 19.7. The maximum Gasteiger partial charge on any atom is 0.372 e. The van der Waals surface area contributed by atoms with Gasteiger partial charge in [-0.1, -0.05) is 58.0 Å². The van der Waals surface area contributed by atoms with Gasteiger partial charge in [-0.15, -0.1) is 0 Å². The summed E-state index contributed by atoms with van der Waals surface area (Å²) >= 11 is 0. The van der Waals surface area contributed by atoms with Crippen molar-refractivity contribution < 1.29 is 25.1 Å². The van der Waals surface area contributed by atoms with E-state index in [9.17, 15) is 4.79 Å². The largest absolute Gasteiger partial charge is 0.372 e. The molecule has 0 saturated carbocycles. The van der Waals surface area contributed by atoms with Gasteiger partial charge in [-0.25, -0.2) is 10.1 Å². The van der Waals surface area contributed by atoms with Crippen molar-refractivity contribution in [2.45, 2.75) is 39.5 Å². The van der Waals surface area contributed by atoms with Crippen LogP contribution in [0.25, 0.3) is 0 Å². The molecule has 2 aromatic carbocycles. The Kier molecular flexibility index (Phi) is 7.95. The van der Waals surface area contributed by atoms with Gasteiger partial charge >= 0.3 is 5.97 Å². The second-order valence-corrected chi connectivity index (χ2v) is 5.90. The zero-order valence-electron chi connectivity index (χ0n) is 14.4. The van der Waals surface area contributed by atoms with Crippen molar-refractivity contribution >= 4 is 5.97 Å². The minimum Gasteiger partial charge on any atom is -0.340 e. The Hall–Kier alpha value is -2.37. The van der Waals surface area contributed by atoms with Gasteiger partial charge in [0.1, 0.15) is 0 Å². The van der Waals surface area contributed by atoms with E-state index in [4.69, 9.17) is 10.5 Å². The van der Waals surface area contributed by atoms with Crippen molar-refractivity contribution in [1.82, 2.24) is 0 Å². The van der Waals surface area contributed by atoms with Gasteiger partial charge < -0.3 is 4.89 Å². The van der Waals surface area contributed by atoms with E-state index >= 15 is 0 Å². The number of benzene rings is 2. The van der Waals surface area contributed by atoms with Gasteiger partial charge in [-0.2, -0.15) is 5.26 Å². The maximum absolute atomic E-state index is 10.5. The van der Waals surface area contributed by atoms with Crippen LogP contribution < -0.4 is 4.89 Å². The third-order valence-corrected chi connectivity index (χ3v) is 3.49. The fourth-order valence-corrected chi connectivity index (χ4v) is 2.39. The third kappa shape index (κ3) is 5.37. The summed E-state index contributed by atoms with van der Waals surface area (Å²) in [6.07, 6.45) is 0. The highest BCUT2D eigenvalue weighted by molar-refractivity contribution is 5.88. The molecule has 0 aliphatic rings. The van der Waals surface area contributed by atoms with Crippen molar-refractivity contribution in [2.75, 3.05) is 0 Å². The smallest absolute Gasteiger partial charge is 0.340 e. The highest BCUT2D eigenvalue weighted by Crippen LogP contribution is 2.33. The molecule has 0 atom stereocenters. The quantitative estimate of drug-likeness (QED) is 0.601. The van der Waals surface area contributed by atoms with Crippen molar-refractivity contribution in [3.63, 3.8) is 0 Å². The van der Waals surface area contributed by atoms with Gasteiger partial charge in [0.05, 0.1) is 5.56 Å². The van der Waals surface area contributed by atoms with E-state index in [1.807, 2.05) is 6.07 Å². The van der Waals surface area contributed by atoms with Crippen LogP contribution in [0.2, 0.25) is 0 Å². The van der Waals surface area contributed by atoms with Crippen LogP contribution in [-0.2, 0) is 4.89 Å². The normalized spacial score (nSPS) is 10.2. The predicted octanol–water partition coefficient (Wildman–Crippen LogP) is 5.10. The second kappa shape index (κ2) is 9.70. The molecule has 2 rings (SSSR count). The number of hydrogen-bond acceptors (Lipinski definition) is 5. The summed E-state index contributed by atoms with van der Waals surface area (Å²) in [4.78, 5) is 18.4. The summed E-state index contributed by atoms with van der Waals surface area (Å²) in [5.74, 6) is 0.644. The Labute approximate surface area is 142 Å². The lowest BCUT2D eigenvalue weighted by Gasteiger charge is -2.17. The summed E-state index contributed by atoms with van der Waals surface area (Å²) in [6.45, 7) is 8.48. The van der Waals surface area contributed by atoms with E-state index in [0.29, 0.717) is 23.1 Å². The van der Waals surface area contributed by atoms with E-state index < -0.39 is 5.97 Å². The summed E-state index contributed by atoms with van der Waals surface area (Å²) in [7, 11) is 0. The first-order valence-electron chi connectivity index (χ1n) is 7.77. The van der Waals surface area contributed by atoms with Gasteiger partial charge in [-0.05, 0) is 35.6 Å². The number of hydrogen-bond donors (Lipinski definition) is 2. The molecule has 2 aromatic rings. The average molecular weight is 332 g/mol. The number of rotatable bonds is 4. The van der Waals surface area contributed by atoms with Gasteiger partial charge in [0.25, 0.3) is 0 Å². The minimum atomic E-state index is -0.736. The molecule has 0 aliphatic carbocycles. The molecule has 0 spiro atoms. The Morgan fingerprint density at radius 3 is 1.96 bits per heavy atom. The molecule has 0 unspecified atom stereocenters. The van der Waals surface area contributed by atoms with Crippen LogP contribution in [0.5, 0.6) is 5.75 Å². The SMILES string of the molecule is CC(C)c1cccc(OO)c1C(C)C.O=C(OO)c1ccccc1. The molecule has 0 aromatic heterocycles. The van der Waals surface area contributed by atoms with Crippen molar-refractivity contribution in [2.24, 2.45) is 0 Å². The Bertz CT molecular complexity index is 635. The molecular weight excluding hydrogens is 308 g/mol. The highest BCUT2D eigenvalue weighted by Gasteiger charge is 2.15.